The molecule has 1 fully saturated rings. The number of carbonyl (C=O) groups is 2. The smallest absolute Gasteiger partial charge is 0.288 e. The van der Waals surface area contributed by atoms with Gasteiger partial charge in [0.05, 0.1) is 21.9 Å². The number of halogens is 3. The Balaban J connectivity index is 1.50. The van der Waals surface area contributed by atoms with Gasteiger partial charge in [0.25, 0.3) is 17.5 Å². The lowest BCUT2D eigenvalue weighted by Gasteiger charge is -2.37. The van der Waals surface area contributed by atoms with E-state index < -0.39 is 16.6 Å². The molecular formula is C24H19Cl2FN4O4. The lowest BCUT2D eigenvalue weighted by Crippen LogP contribution is -2.49. The van der Waals surface area contributed by atoms with E-state index >= 15 is 0 Å². The number of nitro groups is 1. The molecule has 0 bridgehead atoms. The first-order valence-corrected chi connectivity index (χ1v) is 11.3. The van der Waals surface area contributed by atoms with E-state index in [0.717, 1.165) is 6.07 Å². The van der Waals surface area contributed by atoms with Crippen LogP contribution in [0.1, 0.15) is 20.7 Å². The fraction of sp³-hybridized carbons (Fsp3) is 0.167. The van der Waals surface area contributed by atoms with Crippen LogP contribution in [0.5, 0.6) is 0 Å². The monoisotopic (exact) mass is 516 g/mol. The van der Waals surface area contributed by atoms with Gasteiger partial charge in [0.2, 0.25) is 0 Å². The van der Waals surface area contributed by atoms with E-state index in [1.165, 1.54) is 30.3 Å². The number of nitrogens with one attached hydrogen (secondary N) is 1. The molecule has 8 nitrogen and oxygen atoms in total. The van der Waals surface area contributed by atoms with Crippen molar-refractivity contribution < 1.29 is 18.9 Å². The maximum Gasteiger partial charge on any atom is 0.288 e. The minimum atomic E-state index is -0.661. The van der Waals surface area contributed by atoms with Gasteiger partial charge in [-0.05, 0) is 42.5 Å². The van der Waals surface area contributed by atoms with Gasteiger partial charge in [-0.1, -0.05) is 35.3 Å². The minimum absolute atomic E-state index is 0.0254. The summed E-state index contributed by atoms with van der Waals surface area (Å²) in [6.45, 7) is 1.59. The van der Waals surface area contributed by atoms with Gasteiger partial charge in [0.1, 0.15) is 10.8 Å². The van der Waals surface area contributed by atoms with E-state index in [1.54, 1.807) is 29.2 Å². The zero-order valence-corrected chi connectivity index (χ0v) is 19.7. The van der Waals surface area contributed by atoms with E-state index in [2.05, 4.69) is 5.32 Å². The summed E-state index contributed by atoms with van der Waals surface area (Å²) in [4.78, 5) is 39.6. The topological polar surface area (TPSA) is 95.8 Å². The predicted octanol–water partition coefficient (Wildman–Crippen LogP) is 5.26. The van der Waals surface area contributed by atoms with E-state index in [1.807, 2.05) is 4.90 Å². The Morgan fingerprint density at radius 1 is 0.971 bits per heavy atom. The van der Waals surface area contributed by atoms with Gasteiger partial charge in [-0.15, -0.1) is 0 Å². The average molecular weight is 517 g/mol. The molecule has 0 spiro atoms. The largest absolute Gasteiger partial charge is 0.366 e. The number of hydrogen-bond acceptors (Lipinski definition) is 5. The van der Waals surface area contributed by atoms with Crippen molar-refractivity contribution in [2.75, 3.05) is 36.4 Å². The van der Waals surface area contributed by atoms with Gasteiger partial charge in [-0.25, -0.2) is 4.39 Å². The zero-order chi connectivity index (χ0) is 25.1. The van der Waals surface area contributed by atoms with Crippen molar-refractivity contribution in [2.45, 2.75) is 0 Å². The molecule has 35 heavy (non-hydrogen) atoms. The molecule has 0 saturated carbocycles. The van der Waals surface area contributed by atoms with Crippen LogP contribution in [0.25, 0.3) is 0 Å². The summed E-state index contributed by atoms with van der Waals surface area (Å²) in [5, 5.41) is 14.2. The van der Waals surface area contributed by atoms with Crippen molar-refractivity contribution in [3.05, 3.63) is 97.8 Å². The van der Waals surface area contributed by atoms with Crippen molar-refractivity contribution in [3.8, 4) is 0 Å². The number of piperazine rings is 1. The van der Waals surface area contributed by atoms with Crippen LogP contribution in [0.4, 0.5) is 21.5 Å². The van der Waals surface area contributed by atoms with Crippen molar-refractivity contribution in [1.29, 1.82) is 0 Å². The summed E-state index contributed by atoms with van der Waals surface area (Å²) in [7, 11) is 0. The maximum absolute atomic E-state index is 14.0. The molecule has 3 aromatic rings. The summed E-state index contributed by atoms with van der Waals surface area (Å²) in [5.41, 5.74) is 0.796. The molecule has 3 aromatic carbocycles. The Labute approximate surface area is 210 Å². The number of benzene rings is 3. The van der Waals surface area contributed by atoms with Crippen LogP contribution < -0.4 is 10.2 Å². The van der Waals surface area contributed by atoms with Crippen molar-refractivity contribution in [3.63, 3.8) is 0 Å². The van der Waals surface area contributed by atoms with Crippen LogP contribution in [0, 0.1) is 15.9 Å². The molecule has 0 atom stereocenters. The Morgan fingerprint density at radius 3 is 2.37 bits per heavy atom. The number of amides is 2. The van der Waals surface area contributed by atoms with Gasteiger partial charge in [-0.3, -0.25) is 19.7 Å². The molecule has 11 heteroatoms. The first-order chi connectivity index (χ1) is 16.7. The van der Waals surface area contributed by atoms with Gasteiger partial charge < -0.3 is 15.1 Å². The highest BCUT2D eigenvalue weighted by Gasteiger charge is 2.26. The van der Waals surface area contributed by atoms with Crippen molar-refractivity contribution in [1.82, 2.24) is 4.90 Å². The third kappa shape index (κ3) is 5.36. The summed E-state index contributed by atoms with van der Waals surface area (Å²) in [6.07, 6.45) is 0. The molecule has 0 aliphatic carbocycles. The fourth-order valence-electron chi connectivity index (χ4n) is 3.83. The molecule has 2 amide bonds. The lowest BCUT2D eigenvalue weighted by atomic mass is 10.1. The minimum Gasteiger partial charge on any atom is -0.366 e. The normalized spacial score (nSPS) is 13.5. The highest BCUT2D eigenvalue weighted by atomic mass is 35.5. The average Bonchev–Trinajstić information content (AvgIpc) is 2.84. The second-order valence-electron chi connectivity index (χ2n) is 7.80. The van der Waals surface area contributed by atoms with Crippen LogP contribution >= 0.6 is 23.2 Å². The second kappa shape index (κ2) is 10.3. The summed E-state index contributed by atoms with van der Waals surface area (Å²) >= 11 is 12.0. The summed E-state index contributed by atoms with van der Waals surface area (Å²) in [5.74, 6) is -1.51. The third-order valence-corrected chi connectivity index (χ3v) is 6.18. The molecule has 1 aliphatic heterocycles. The standard InChI is InChI=1S/C24H19Cl2FN4O4/c25-16-6-8-21(20(14-16)28-23(32)15-5-7-18(26)22(13-15)31(34)35)29-9-11-30(12-10-29)24(33)17-3-1-2-4-19(17)27/h1-8,13-14H,9-12H2,(H,28,32). The lowest BCUT2D eigenvalue weighted by molar-refractivity contribution is -0.384. The number of hydrogen-bond donors (Lipinski definition) is 1. The van der Waals surface area contributed by atoms with Gasteiger partial charge in [-0.2, -0.15) is 0 Å². The van der Waals surface area contributed by atoms with Crippen LogP contribution in [-0.4, -0.2) is 47.8 Å². The number of anilines is 2. The van der Waals surface area contributed by atoms with Crippen LogP contribution in [0.2, 0.25) is 10.0 Å². The highest BCUT2D eigenvalue weighted by molar-refractivity contribution is 6.33. The Bertz CT molecular complexity index is 1310. The van der Waals surface area contributed by atoms with Crippen molar-refractivity contribution in [2.24, 2.45) is 0 Å². The van der Waals surface area contributed by atoms with Crippen molar-refractivity contribution >= 4 is 52.1 Å². The van der Waals surface area contributed by atoms with Gasteiger partial charge >= 0.3 is 0 Å². The molecule has 1 heterocycles. The van der Waals surface area contributed by atoms with E-state index in [4.69, 9.17) is 23.2 Å². The van der Waals surface area contributed by atoms with E-state index in [9.17, 15) is 24.1 Å². The number of rotatable bonds is 5. The zero-order valence-electron chi connectivity index (χ0n) is 18.2. The van der Waals surface area contributed by atoms with E-state index in [0.29, 0.717) is 42.6 Å². The summed E-state index contributed by atoms with van der Waals surface area (Å²) < 4.78 is 14.0. The van der Waals surface area contributed by atoms with E-state index in [-0.39, 0.29) is 27.7 Å². The Hall–Kier alpha value is -3.69. The second-order valence-corrected chi connectivity index (χ2v) is 8.64. The summed E-state index contributed by atoms with van der Waals surface area (Å²) in [6, 6.07) is 14.6. The SMILES string of the molecule is O=C(Nc1cc(Cl)ccc1N1CCN(C(=O)c2ccccc2F)CC1)c1ccc(Cl)c([N+](=O)[O-])c1. The molecule has 180 valence electrons. The molecule has 4 rings (SSSR count). The Morgan fingerprint density at radius 2 is 1.69 bits per heavy atom. The maximum atomic E-state index is 14.0. The quantitative estimate of drug-likeness (QED) is 0.368. The molecule has 0 aromatic heterocycles. The van der Waals surface area contributed by atoms with Gasteiger partial charge in [0.15, 0.2) is 0 Å². The molecule has 1 aliphatic rings. The molecule has 0 radical (unpaired) electrons. The first kappa shape index (κ1) is 24.4. The number of nitrogens with zero attached hydrogens (tertiary/aromatic N) is 3. The molecule has 1 N–H and O–H groups in total. The van der Waals surface area contributed by atoms with Crippen LogP contribution in [-0.2, 0) is 0 Å². The van der Waals surface area contributed by atoms with Crippen LogP contribution in [0.15, 0.2) is 60.7 Å². The molecule has 0 unspecified atom stereocenters. The number of nitro benzene ring substituents is 1. The molecule has 1 saturated heterocycles. The molecular weight excluding hydrogens is 498 g/mol. The Kier molecular flexibility index (Phi) is 7.18. The fourth-order valence-corrected chi connectivity index (χ4v) is 4.19. The predicted molar refractivity (Wildman–Crippen MR) is 132 cm³/mol. The first-order valence-electron chi connectivity index (χ1n) is 10.6. The third-order valence-electron chi connectivity index (χ3n) is 5.62. The van der Waals surface area contributed by atoms with Gasteiger partial charge in [0, 0.05) is 42.8 Å². The van der Waals surface area contributed by atoms with Crippen LogP contribution in [0.3, 0.4) is 0 Å². The highest BCUT2D eigenvalue weighted by Crippen LogP contribution is 2.32. The number of carbonyl (C=O) groups excluding carboxylic acids is 2.